The van der Waals surface area contributed by atoms with Crippen LogP contribution < -0.4 is 11.1 Å². The third-order valence-electron chi connectivity index (χ3n) is 2.74. The van der Waals surface area contributed by atoms with E-state index in [1.54, 1.807) is 24.3 Å². The largest absolute Gasteiger partial charge is 0.481 e. The lowest BCUT2D eigenvalue weighted by Gasteiger charge is -2.13. The molecule has 0 aliphatic heterocycles. The summed E-state index contributed by atoms with van der Waals surface area (Å²) in [5.74, 6) is -1.39. The molecule has 1 rings (SSSR count). The van der Waals surface area contributed by atoms with Gasteiger partial charge in [0.25, 0.3) is 0 Å². The summed E-state index contributed by atoms with van der Waals surface area (Å²) in [5.41, 5.74) is 6.68. The summed E-state index contributed by atoms with van der Waals surface area (Å²) >= 11 is 0. The second kappa shape index (κ2) is 6.64. The highest BCUT2D eigenvalue weighted by Crippen LogP contribution is 2.23. The summed E-state index contributed by atoms with van der Waals surface area (Å²) in [7, 11) is 0. The topological polar surface area (TPSA) is 99.2 Å². The van der Waals surface area contributed by atoms with E-state index in [1.807, 2.05) is 6.92 Å². The molecule has 0 saturated heterocycles. The number of benzene rings is 1. The molecular formula is C13H19N3O2. The van der Waals surface area contributed by atoms with Crippen LogP contribution in [0.15, 0.2) is 24.3 Å². The van der Waals surface area contributed by atoms with Crippen molar-refractivity contribution < 1.29 is 9.90 Å². The van der Waals surface area contributed by atoms with Crippen LogP contribution in [0, 0.1) is 5.41 Å². The summed E-state index contributed by atoms with van der Waals surface area (Å²) in [6.07, 6.45) is 2.52. The number of nitrogens with two attached hydrogens (primary N) is 1. The average Bonchev–Trinajstić information content (AvgIpc) is 2.30. The summed E-state index contributed by atoms with van der Waals surface area (Å²) in [4.78, 5) is 11.2. The van der Waals surface area contributed by atoms with Crippen LogP contribution in [-0.4, -0.2) is 17.0 Å². The van der Waals surface area contributed by atoms with E-state index in [-0.39, 0.29) is 5.96 Å². The molecule has 98 valence electrons. The van der Waals surface area contributed by atoms with Crippen LogP contribution in [0.2, 0.25) is 0 Å². The number of hydrogen-bond donors (Lipinski definition) is 4. The van der Waals surface area contributed by atoms with Gasteiger partial charge in [0.15, 0.2) is 5.96 Å². The number of unbranched alkanes of at least 4 members (excludes halogenated alkanes) is 1. The van der Waals surface area contributed by atoms with Crippen LogP contribution in [0.1, 0.15) is 37.7 Å². The van der Waals surface area contributed by atoms with Gasteiger partial charge in [-0.05, 0) is 24.1 Å². The molecule has 0 aliphatic carbocycles. The van der Waals surface area contributed by atoms with Gasteiger partial charge < -0.3 is 16.2 Å². The highest BCUT2D eigenvalue weighted by molar-refractivity contribution is 5.89. The van der Waals surface area contributed by atoms with E-state index in [2.05, 4.69) is 5.32 Å². The molecule has 0 amide bonds. The maximum atomic E-state index is 11.2. The Labute approximate surface area is 107 Å². The number of nitrogens with one attached hydrogen (secondary N) is 2. The molecule has 1 unspecified atom stereocenters. The average molecular weight is 249 g/mol. The molecule has 18 heavy (non-hydrogen) atoms. The van der Waals surface area contributed by atoms with E-state index in [0.29, 0.717) is 12.1 Å². The molecule has 0 radical (unpaired) electrons. The van der Waals surface area contributed by atoms with Gasteiger partial charge in [-0.2, -0.15) is 0 Å². The van der Waals surface area contributed by atoms with Gasteiger partial charge in [-0.15, -0.1) is 0 Å². The van der Waals surface area contributed by atoms with Crippen molar-refractivity contribution in [3.05, 3.63) is 29.8 Å². The fourth-order valence-electron chi connectivity index (χ4n) is 1.80. The highest BCUT2D eigenvalue weighted by Gasteiger charge is 2.18. The molecule has 1 aromatic rings. The molecule has 0 heterocycles. The zero-order valence-corrected chi connectivity index (χ0v) is 10.4. The van der Waals surface area contributed by atoms with Gasteiger partial charge in [0.1, 0.15) is 0 Å². The van der Waals surface area contributed by atoms with Gasteiger partial charge in [-0.1, -0.05) is 31.9 Å². The first-order valence-electron chi connectivity index (χ1n) is 5.98. The van der Waals surface area contributed by atoms with Gasteiger partial charge >= 0.3 is 5.97 Å². The molecule has 0 aromatic heterocycles. The van der Waals surface area contributed by atoms with Gasteiger partial charge in [0.05, 0.1) is 5.92 Å². The minimum atomic E-state index is -0.796. The fraction of sp³-hybridized carbons (Fsp3) is 0.385. The fourth-order valence-corrected chi connectivity index (χ4v) is 1.80. The Morgan fingerprint density at radius 2 is 2.06 bits per heavy atom. The number of guanidine groups is 1. The lowest BCUT2D eigenvalue weighted by atomic mass is 9.93. The number of rotatable bonds is 6. The lowest BCUT2D eigenvalue weighted by molar-refractivity contribution is -0.139. The van der Waals surface area contributed by atoms with Crippen LogP contribution in [0.3, 0.4) is 0 Å². The van der Waals surface area contributed by atoms with Crippen molar-refractivity contribution in [1.29, 1.82) is 5.41 Å². The maximum absolute atomic E-state index is 11.2. The highest BCUT2D eigenvalue weighted by atomic mass is 16.4. The van der Waals surface area contributed by atoms with Gasteiger partial charge in [-0.3, -0.25) is 10.2 Å². The summed E-state index contributed by atoms with van der Waals surface area (Å²) < 4.78 is 0. The Balaban J connectivity index is 2.79. The van der Waals surface area contributed by atoms with Gasteiger partial charge in [0.2, 0.25) is 0 Å². The lowest BCUT2D eigenvalue weighted by Crippen LogP contribution is -2.20. The van der Waals surface area contributed by atoms with Crippen molar-refractivity contribution in [2.45, 2.75) is 32.1 Å². The predicted octanol–water partition coefficient (Wildman–Crippen LogP) is 2.35. The molecule has 1 atom stereocenters. The molecule has 0 fully saturated rings. The van der Waals surface area contributed by atoms with Crippen molar-refractivity contribution >= 4 is 17.6 Å². The first kappa shape index (κ1) is 14.0. The van der Waals surface area contributed by atoms with E-state index in [9.17, 15) is 9.90 Å². The predicted molar refractivity (Wildman–Crippen MR) is 71.9 cm³/mol. The summed E-state index contributed by atoms with van der Waals surface area (Å²) in [5, 5.41) is 19.0. The Bertz CT molecular complexity index is 415. The van der Waals surface area contributed by atoms with E-state index >= 15 is 0 Å². The first-order valence-corrected chi connectivity index (χ1v) is 5.98. The second-order valence-corrected chi connectivity index (χ2v) is 4.19. The first-order chi connectivity index (χ1) is 8.54. The molecule has 1 aromatic carbocycles. The number of aliphatic carboxylic acids is 1. The number of carboxylic acid groups (broad SMARTS) is 1. The SMILES string of the molecule is CCCCC(C(=O)O)c1ccc(NC(=N)N)cc1. The normalized spacial score (nSPS) is 11.8. The number of carboxylic acids is 1. The van der Waals surface area contributed by atoms with E-state index < -0.39 is 11.9 Å². The monoisotopic (exact) mass is 249 g/mol. The molecule has 0 spiro atoms. The van der Waals surface area contributed by atoms with Crippen molar-refractivity contribution in [2.24, 2.45) is 5.73 Å². The summed E-state index contributed by atoms with van der Waals surface area (Å²) in [6.45, 7) is 2.04. The van der Waals surface area contributed by atoms with Crippen molar-refractivity contribution in [1.82, 2.24) is 0 Å². The third kappa shape index (κ3) is 4.08. The minimum Gasteiger partial charge on any atom is -0.481 e. The van der Waals surface area contributed by atoms with Gasteiger partial charge in [-0.25, -0.2) is 0 Å². The third-order valence-corrected chi connectivity index (χ3v) is 2.74. The molecule has 0 aliphatic rings. The molecular weight excluding hydrogens is 230 g/mol. The van der Waals surface area contributed by atoms with Crippen LogP contribution in [-0.2, 0) is 4.79 Å². The van der Waals surface area contributed by atoms with Crippen molar-refractivity contribution in [3.8, 4) is 0 Å². The molecule has 0 saturated carbocycles. The van der Waals surface area contributed by atoms with Crippen molar-refractivity contribution in [2.75, 3.05) is 5.32 Å². The van der Waals surface area contributed by atoms with Gasteiger partial charge in [0, 0.05) is 5.69 Å². The minimum absolute atomic E-state index is 0.136. The number of hydrogen-bond acceptors (Lipinski definition) is 2. The Hall–Kier alpha value is -2.04. The van der Waals surface area contributed by atoms with Crippen LogP contribution in [0.4, 0.5) is 5.69 Å². The molecule has 5 nitrogen and oxygen atoms in total. The molecule has 5 heteroatoms. The Kier molecular flexibility index (Phi) is 5.17. The zero-order valence-electron chi connectivity index (χ0n) is 10.4. The van der Waals surface area contributed by atoms with Crippen molar-refractivity contribution in [3.63, 3.8) is 0 Å². The van der Waals surface area contributed by atoms with Crippen LogP contribution >= 0.6 is 0 Å². The number of carbonyl (C=O) groups is 1. The van der Waals surface area contributed by atoms with E-state index in [0.717, 1.165) is 18.4 Å². The summed E-state index contributed by atoms with van der Waals surface area (Å²) in [6, 6.07) is 7.00. The molecule has 5 N–H and O–H groups in total. The Morgan fingerprint density at radius 1 is 1.44 bits per heavy atom. The van der Waals surface area contributed by atoms with E-state index in [1.165, 1.54) is 0 Å². The molecule has 0 bridgehead atoms. The second-order valence-electron chi connectivity index (χ2n) is 4.19. The van der Waals surface area contributed by atoms with Crippen LogP contribution in [0.5, 0.6) is 0 Å². The maximum Gasteiger partial charge on any atom is 0.310 e. The quantitative estimate of drug-likeness (QED) is 0.459. The number of anilines is 1. The Morgan fingerprint density at radius 3 is 2.50 bits per heavy atom. The van der Waals surface area contributed by atoms with Crippen LogP contribution in [0.25, 0.3) is 0 Å². The standard InChI is InChI=1S/C13H19N3O2/c1-2-3-4-11(12(17)18)9-5-7-10(8-6-9)16-13(14)15/h5-8,11H,2-4H2,1H3,(H,17,18)(H4,14,15,16). The smallest absolute Gasteiger partial charge is 0.310 e. The zero-order chi connectivity index (χ0) is 13.5. The van der Waals surface area contributed by atoms with E-state index in [4.69, 9.17) is 11.1 Å².